The van der Waals surface area contributed by atoms with Crippen LogP contribution in [-0.4, -0.2) is 71.3 Å². The lowest BCUT2D eigenvalue weighted by Crippen LogP contribution is -2.59. The molecule has 5 fully saturated rings. The molecule has 50 heavy (non-hydrogen) atoms. The number of amides is 4. The normalized spacial score (nSPS) is 27.2. The average Bonchev–Trinajstić information content (AvgIpc) is 3.75. The first-order valence-corrected chi connectivity index (χ1v) is 18.8. The van der Waals surface area contributed by atoms with Crippen molar-refractivity contribution in [2.24, 2.45) is 23.7 Å². The van der Waals surface area contributed by atoms with Gasteiger partial charge in [0.05, 0.1) is 6.04 Å². The Morgan fingerprint density at radius 2 is 1.54 bits per heavy atom. The maximum absolute atomic E-state index is 14.4. The number of fused-ring (bicyclic) bond motifs is 1. The van der Waals surface area contributed by atoms with Crippen LogP contribution in [0.2, 0.25) is 0 Å². The number of Topliss-reactive ketones (excluding diaryl/α,β-unsaturated/α-hetero) is 1. The number of carbonyl (C=O) groups is 5. The highest BCUT2D eigenvalue weighted by Crippen LogP contribution is 2.57. The number of ketones is 1. The van der Waals surface area contributed by atoms with E-state index in [0.29, 0.717) is 56.4 Å². The van der Waals surface area contributed by atoms with Crippen LogP contribution >= 0.6 is 0 Å². The van der Waals surface area contributed by atoms with Gasteiger partial charge in [-0.1, -0.05) is 56.7 Å². The number of nitrogens with one attached hydrogen (secondary N) is 3. The molecule has 1 heterocycles. The van der Waals surface area contributed by atoms with Crippen LogP contribution in [0.15, 0.2) is 49.6 Å². The lowest BCUT2D eigenvalue weighted by atomic mass is 9.54. The predicted molar refractivity (Wildman–Crippen MR) is 192 cm³/mol. The van der Waals surface area contributed by atoms with Gasteiger partial charge in [0.25, 0.3) is 5.91 Å². The second-order valence-corrected chi connectivity index (χ2v) is 15.2. The summed E-state index contributed by atoms with van der Waals surface area (Å²) in [4.78, 5) is 68.8. The highest BCUT2D eigenvalue weighted by Gasteiger charge is 2.54. The number of likely N-dealkylation sites (tertiary alicyclic amines) is 1. The number of carbonyl (C=O) groups excluding carboxylic acids is 5. The Labute approximate surface area is 297 Å². The van der Waals surface area contributed by atoms with Gasteiger partial charge in [-0.05, 0) is 112 Å². The van der Waals surface area contributed by atoms with Gasteiger partial charge in [0, 0.05) is 13.1 Å². The minimum absolute atomic E-state index is 0.127. The average molecular weight is 689 g/mol. The molecule has 1 aromatic carbocycles. The number of allylic oxidation sites excluding steroid dienone is 1. The molecule has 4 amide bonds. The summed E-state index contributed by atoms with van der Waals surface area (Å²) in [6, 6.07) is 5.32. The molecule has 10 heteroatoms. The molecule has 3 atom stereocenters. The van der Waals surface area contributed by atoms with Gasteiger partial charge < -0.3 is 25.6 Å². The lowest BCUT2D eigenvalue weighted by Gasteiger charge is -2.55. The highest BCUT2D eigenvalue weighted by molar-refractivity contribution is 6.38. The van der Waals surface area contributed by atoms with Crippen LogP contribution in [0.4, 0.5) is 4.79 Å². The fourth-order valence-electron chi connectivity index (χ4n) is 9.43. The van der Waals surface area contributed by atoms with E-state index in [4.69, 9.17) is 4.74 Å². The summed E-state index contributed by atoms with van der Waals surface area (Å²) in [7, 11) is 0. The Bertz CT molecular complexity index is 1380. The summed E-state index contributed by atoms with van der Waals surface area (Å²) in [5.41, 5.74) is 1.85. The van der Waals surface area contributed by atoms with Gasteiger partial charge >= 0.3 is 6.09 Å². The standard InChI is InChI=1S/C37H48N4O6.C3H8/c1-3-5-11-29(32(42)34(44)38-13-4-2)39-33(43)30-12-8-14-41(30)35(45)31(28-18-26-9-6-7-10-27(26)19-28)40-36(46)47-37-20-23-15-24(21-37)17-25(16-23)22-37;1-3-2/h3-4,6-7,9-10,23-25,28-31H,1-2,5,8,11-22H2,(H,38,44)(H,39,43)(H,40,46);3H2,1-2H3/t23?,24?,25?,29?,30-,31-,37?;/m0./s1. The molecular weight excluding hydrogens is 632 g/mol. The second-order valence-electron chi connectivity index (χ2n) is 15.2. The number of alkyl carbamates (subject to hydrolysis) is 1. The van der Waals surface area contributed by atoms with Crippen LogP contribution in [0.1, 0.15) is 95.6 Å². The number of ether oxygens (including phenoxy) is 1. The van der Waals surface area contributed by atoms with E-state index in [1.54, 1.807) is 11.0 Å². The van der Waals surface area contributed by atoms with Crippen LogP contribution in [0.5, 0.6) is 0 Å². The Kier molecular flexibility index (Phi) is 12.6. The van der Waals surface area contributed by atoms with E-state index >= 15 is 0 Å². The molecule has 4 saturated carbocycles. The molecule has 0 aromatic heterocycles. The zero-order valence-corrected chi connectivity index (χ0v) is 29.9. The SMILES string of the molecule is C=CCCC(NC(=O)[C@@H]1CCCN1C(=O)[C@@H](NC(=O)OC12CC3CC(CC(C3)C1)C2)C1Cc2ccccc2C1)C(=O)C(=O)NCC=C.CCC. The summed E-state index contributed by atoms with van der Waals surface area (Å²) in [5.74, 6) is -0.738. The molecular formula is C40H56N4O6. The maximum atomic E-state index is 14.4. The van der Waals surface area contributed by atoms with Crippen molar-refractivity contribution in [1.29, 1.82) is 0 Å². The van der Waals surface area contributed by atoms with E-state index in [9.17, 15) is 24.0 Å². The van der Waals surface area contributed by atoms with Gasteiger partial charge in [-0.3, -0.25) is 19.2 Å². The van der Waals surface area contributed by atoms with Crippen LogP contribution in [0.3, 0.4) is 0 Å². The quantitative estimate of drug-likeness (QED) is 0.193. The van der Waals surface area contributed by atoms with Crippen LogP contribution in [0.25, 0.3) is 0 Å². The van der Waals surface area contributed by atoms with E-state index in [-0.39, 0.29) is 24.8 Å². The van der Waals surface area contributed by atoms with Gasteiger partial charge in [0.2, 0.25) is 17.6 Å². The summed E-state index contributed by atoms with van der Waals surface area (Å²) in [6.07, 6.45) is 13.0. The summed E-state index contributed by atoms with van der Waals surface area (Å²) < 4.78 is 6.28. The first-order chi connectivity index (χ1) is 24.1. The van der Waals surface area contributed by atoms with Gasteiger partial charge in [-0.2, -0.15) is 0 Å². The minimum Gasteiger partial charge on any atom is -0.443 e. The van der Waals surface area contributed by atoms with Gasteiger partial charge in [-0.15, -0.1) is 13.2 Å². The fraction of sp³-hybridized carbons (Fsp3) is 0.625. The summed E-state index contributed by atoms with van der Waals surface area (Å²) in [6.45, 7) is 12.0. The third kappa shape index (κ3) is 8.67. The Morgan fingerprint density at radius 3 is 2.10 bits per heavy atom. The number of hydrogen-bond acceptors (Lipinski definition) is 6. The summed E-state index contributed by atoms with van der Waals surface area (Å²) in [5, 5.41) is 8.25. The third-order valence-electron chi connectivity index (χ3n) is 11.1. The molecule has 10 nitrogen and oxygen atoms in total. The van der Waals surface area contributed by atoms with Crippen molar-refractivity contribution in [2.75, 3.05) is 13.1 Å². The van der Waals surface area contributed by atoms with Gasteiger partial charge in [0.1, 0.15) is 17.7 Å². The van der Waals surface area contributed by atoms with Crippen molar-refractivity contribution < 1.29 is 28.7 Å². The lowest BCUT2D eigenvalue weighted by molar-refractivity contribution is -0.144. The Balaban J connectivity index is 0.00000156. The largest absolute Gasteiger partial charge is 0.443 e. The fourth-order valence-corrected chi connectivity index (χ4v) is 9.43. The zero-order chi connectivity index (χ0) is 35.8. The van der Waals surface area contributed by atoms with Crippen molar-refractivity contribution in [2.45, 2.75) is 121 Å². The molecule has 272 valence electrons. The molecule has 4 bridgehead atoms. The molecule has 1 unspecified atom stereocenters. The molecule has 1 aliphatic heterocycles. The molecule has 7 rings (SSSR count). The van der Waals surface area contributed by atoms with Gasteiger partial charge in [0.15, 0.2) is 0 Å². The van der Waals surface area contributed by atoms with Crippen molar-refractivity contribution >= 4 is 29.6 Å². The zero-order valence-electron chi connectivity index (χ0n) is 29.9. The molecule has 1 saturated heterocycles. The third-order valence-corrected chi connectivity index (χ3v) is 11.1. The first kappa shape index (κ1) is 37.3. The van der Waals surface area contributed by atoms with Crippen molar-refractivity contribution in [1.82, 2.24) is 20.9 Å². The van der Waals surface area contributed by atoms with E-state index in [1.807, 2.05) is 12.1 Å². The maximum Gasteiger partial charge on any atom is 0.408 e. The van der Waals surface area contributed by atoms with Crippen molar-refractivity contribution in [3.05, 3.63) is 60.7 Å². The number of rotatable bonds is 13. The molecule has 5 aliphatic carbocycles. The first-order valence-electron chi connectivity index (χ1n) is 18.8. The highest BCUT2D eigenvalue weighted by atomic mass is 16.6. The monoisotopic (exact) mass is 688 g/mol. The number of hydrogen-bond donors (Lipinski definition) is 3. The van der Waals surface area contributed by atoms with E-state index in [0.717, 1.165) is 30.4 Å². The molecule has 3 N–H and O–H groups in total. The smallest absolute Gasteiger partial charge is 0.408 e. The topological polar surface area (TPSA) is 134 Å². The second kappa shape index (κ2) is 16.8. The van der Waals surface area contributed by atoms with Crippen LogP contribution in [-0.2, 0) is 36.8 Å². The van der Waals surface area contributed by atoms with E-state index in [1.165, 1.54) is 31.8 Å². The molecule has 0 spiro atoms. The minimum atomic E-state index is -1.06. The number of nitrogens with zero attached hydrogens (tertiary/aromatic N) is 1. The van der Waals surface area contributed by atoms with Crippen molar-refractivity contribution in [3.8, 4) is 0 Å². The Hall–Kier alpha value is -3.95. The predicted octanol–water partition coefficient (Wildman–Crippen LogP) is 5.19. The number of benzene rings is 1. The summed E-state index contributed by atoms with van der Waals surface area (Å²) >= 11 is 0. The van der Waals surface area contributed by atoms with E-state index in [2.05, 4.69) is 55.1 Å². The van der Waals surface area contributed by atoms with Crippen LogP contribution < -0.4 is 16.0 Å². The van der Waals surface area contributed by atoms with Crippen LogP contribution in [0, 0.1) is 23.7 Å². The molecule has 0 radical (unpaired) electrons. The van der Waals surface area contributed by atoms with E-state index < -0.39 is 47.4 Å². The Morgan fingerprint density at radius 1 is 0.940 bits per heavy atom. The van der Waals surface area contributed by atoms with Crippen molar-refractivity contribution in [3.63, 3.8) is 0 Å². The molecule has 6 aliphatic rings. The molecule has 1 aromatic rings. The van der Waals surface area contributed by atoms with Gasteiger partial charge in [-0.25, -0.2) is 4.79 Å².